The van der Waals surface area contributed by atoms with Gasteiger partial charge in [-0.15, -0.1) is 0 Å². The topological polar surface area (TPSA) is 58.2 Å². The molecule has 2 rings (SSSR count). The van der Waals surface area contributed by atoms with Crippen LogP contribution in [0.15, 0.2) is 17.0 Å². The van der Waals surface area contributed by atoms with Gasteiger partial charge in [-0.2, -0.15) is 0 Å². The molecule has 4 nitrogen and oxygen atoms in total. The number of sulfonamides is 1. The molecule has 2 N–H and O–H groups in total. The molecular weight excluding hydrogens is 260 g/mol. The zero-order valence-electron chi connectivity index (χ0n) is 11.8. The highest BCUT2D eigenvalue weighted by Crippen LogP contribution is 2.20. The standard InChI is InChI=1S/C14H22N2O2S/c1-10-7-12(3)14(8-11(10)2)19(17,18)16-13-5-4-6-15-9-13/h7-8,13,15-16H,4-6,9H2,1-3H3. The molecule has 0 aliphatic carbocycles. The Kier molecular flexibility index (Phi) is 4.28. The van der Waals surface area contributed by atoms with Crippen molar-refractivity contribution in [2.24, 2.45) is 0 Å². The lowest BCUT2D eigenvalue weighted by Crippen LogP contribution is -2.45. The van der Waals surface area contributed by atoms with Crippen LogP contribution in [0.1, 0.15) is 29.5 Å². The molecule has 5 heteroatoms. The quantitative estimate of drug-likeness (QED) is 0.886. The summed E-state index contributed by atoms with van der Waals surface area (Å²) in [6, 6.07) is 3.70. The second-order valence-electron chi connectivity index (χ2n) is 5.37. The van der Waals surface area contributed by atoms with Gasteiger partial charge in [0.2, 0.25) is 10.0 Å². The van der Waals surface area contributed by atoms with Gasteiger partial charge in [0.05, 0.1) is 4.90 Å². The van der Waals surface area contributed by atoms with Gasteiger partial charge in [-0.05, 0) is 62.9 Å². The first-order valence-electron chi connectivity index (χ1n) is 6.71. The number of aryl methyl sites for hydroxylation is 3. The monoisotopic (exact) mass is 282 g/mol. The summed E-state index contributed by atoms with van der Waals surface area (Å²) < 4.78 is 27.7. The maximum atomic E-state index is 12.4. The highest BCUT2D eigenvalue weighted by Gasteiger charge is 2.23. The number of hydrogen-bond acceptors (Lipinski definition) is 3. The predicted molar refractivity (Wildman–Crippen MR) is 76.9 cm³/mol. The molecule has 1 heterocycles. The van der Waals surface area contributed by atoms with Crippen molar-refractivity contribution in [3.8, 4) is 0 Å². The van der Waals surface area contributed by atoms with Gasteiger partial charge in [-0.3, -0.25) is 0 Å². The molecule has 1 fully saturated rings. The van der Waals surface area contributed by atoms with Crippen LogP contribution in [0.25, 0.3) is 0 Å². The largest absolute Gasteiger partial charge is 0.315 e. The van der Waals surface area contributed by atoms with Crippen LogP contribution in [0.3, 0.4) is 0 Å². The van der Waals surface area contributed by atoms with E-state index in [2.05, 4.69) is 10.0 Å². The van der Waals surface area contributed by atoms with Crippen molar-refractivity contribution in [3.05, 3.63) is 28.8 Å². The molecular formula is C14H22N2O2S. The Morgan fingerprint density at radius 3 is 2.47 bits per heavy atom. The summed E-state index contributed by atoms with van der Waals surface area (Å²) in [6.07, 6.45) is 1.91. The second kappa shape index (κ2) is 5.61. The Balaban J connectivity index is 2.26. The molecule has 0 radical (unpaired) electrons. The zero-order valence-corrected chi connectivity index (χ0v) is 12.6. The van der Waals surface area contributed by atoms with Gasteiger partial charge in [0, 0.05) is 12.6 Å². The van der Waals surface area contributed by atoms with Crippen LogP contribution in [-0.2, 0) is 10.0 Å². The van der Waals surface area contributed by atoms with E-state index in [1.807, 2.05) is 26.8 Å². The Hall–Kier alpha value is -0.910. The molecule has 1 aliphatic heterocycles. The van der Waals surface area contributed by atoms with Gasteiger partial charge in [0.15, 0.2) is 0 Å². The molecule has 0 bridgehead atoms. The summed E-state index contributed by atoms with van der Waals surface area (Å²) in [5, 5.41) is 3.22. The minimum atomic E-state index is -3.42. The Labute approximate surface area is 115 Å². The van der Waals surface area contributed by atoms with Gasteiger partial charge in [-0.25, -0.2) is 13.1 Å². The summed E-state index contributed by atoms with van der Waals surface area (Å²) >= 11 is 0. The number of rotatable bonds is 3. The average molecular weight is 282 g/mol. The van der Waals surface area contributed by atoms with E-state index < -0.39 is 10.0 Å². The van der Waals surface area contributed by atoms with Crippen LogP contribution in [0.4, 0.5) is 0 Å². The average Bonchev–Trinajstić information content (AvgIpc) is 2.34. The van der Waals surface area contributed by atoms with Crippen molar-refractivity contribution in [3.63, 3.8) is 0 Å². The Bertz CT molecular complexity index is 561. The highest BCUT2D eigenvalue weighted by atomic mass is 32.2. The fourth-order valence-electron chi connectivity index (χ4n) is 2.46. The van der Waals surface area contributed by atoms with Crippen LogP contribution in [0.5, 0.6) is 0 Å². The first kappa shape index (κ1) is 14.5. The van der Waals surface area contributed by atoms with E-state index >= 15 is 0 Å². The third-order valence-electron chi connectivity index (χ3n) is 3.70. The van der Waals surface area contributed by atoms with Crippen LogP contribution in [0.2, 0.25) is 0 Å². The lowest BCUT2D eigenvalue weighted by molar-refractivity contribution is 0.428. The summed E-state index contributed by atoms with van der Waals surface area (Å²) in [5.41, 5.74) is 2.93. The van der Waals surface area contributed by atoms with Crippen LogP contribution in [0, 0.1) is 20.8 Å². The number of hydrogen-bond donors (Lipinski definition) is 2. The summed E-state index contributed by atoms with van der Waals surface area (Å²) in [5.74, 6) is 0. The fourth-order valence-corrected chi connectivity index (χ4v) is 4.04. The molecule has 19 heavy (non-hydrogen) atoms. The molecule has 1 atom stereocenters. The molecule has 1 unspecified atom stereocenters. The molecule has 1 aliphatic rings. The van der Waals surface area contributed by atoms with Crippen molar-refractivity contribution in [2.75, 3.05) is 13.1 Å². The van der Waals surface area contributed by atoms with Crippen LogP contribution < -0.4 is 10.0 Å². The molecule has 0 aromatic heterocycles. The first-order valence-corrected chi connectivity index (χ1v) is 8.19. The normalized spacial score (nSPS) is 20.5. The number of benzene rings is 1. The van der Waals surface area contributed by atoms with Crippen molar-refractivity contribution in [1.29, 1.82) is 0 Å². The third-order valence-corrected chi connectivity index (χ3v) is 5.36. The first-order chi connectivity index (χ1) is 8.90. The van der Waals surface area contributed by atoms with Gasteiger partial charge in [-0.1, -0.05) is 6.07 Å². The number of piperidine rings is 1. The summed E-state index contributed by atoms with van der Waals surface area (Å²) in [4.78, 5) is 0.404. The van der Waals surface area contributed by atoms with E-state index in [4.69, 9.17) is 0 Å². The van der Waals surface area contributed by atoms with Crippen molar-refractivity contribution >= 4 is 10.0 Å². The van der Waals surface area contributed by atoms with Crippen LogP contribution >= 0.6 is 0 Å². The summed E-state index contributed by atoms with van der Waals surface area (Å²) in [7, 11) is -3.42. The fraction of sp³-hybridized carbons (Fsp3) is 0.571. The van der Waals surface area contributed by atoms with Crippen molar-refractivity contribution in [2.45, 2.75) is 44.6 Å². The van der Waals surface area contributed by atoms with Crippen LogP contribution in [-0.4, -0.2) is 27.5 Å². The minimum absolute atomic E-state index is 0.000223. The smallest absolute Gasteiger partial charge is 0.241 e. The molecule has 0 saturated carbocycles. The highest BCUT2D eigenvalue weighted by molar-refractivity contribution is 7.89. The molecule has 1 aromatic carbocycles. The lowest BCUT2D eigenvalue weighted by Gasteiger charge is -2.24. The summed E-state index contributed by atoms with van der Waals surface area (Å²) in [6.45, 7) is 7.47. The van der Waals surface area contributed by atoms with E-state index in [0.29, 0.717) is 11.4 Å². The van der Waals surface area contributed by atoms with E-state index in [0.717, 1.165) is 36.1 Å². The minimum Gasteiger partial charge on any atom is -0.315 e. The lowest BCUT2D eigenvalue weighted by atomic mass is 10.1. The van der Waals surface area contributed by atoms with E-state index in [-0.39, 0.29) is 6.04 Å². The van der Waals surface area contributed by atoms with Gasteiger partial charge < -0.3 is 5.32 Å². The van der Waals surface area contributed by atoms with Gasteiger partial charge >= 0.3 is 0 Å². The van der Waals surface area contributed by atoms with Gasteiger partial charge in [0.1, 0.15) is 0 Å². The number of nitrogens with one attached hydrogen (secondary N) is 2. The van der Waals surface area contributed by atoms with E-state index in [1.165, 1.54) is 0 Å². The van der Waals surface area contributed by atoms with Crippen molar-refractivity contribution < 1.29 is 8.42 Å². The molecule has 0 spiro atoms. The second-order valence-corrected chi connectivity index (χ2v) is 7.05. The maximum Gasteiger partial charge on any atom is 0.241 e. The predicted octanol–water partition coefficient (Wildman–Crippen LogP) is 1.64. The van der Waals surface area contributed by atoms with E-state index in [9.17, 15) is 8.42 Å². The molecule has 0 amide bonds. The SMILES string of the molecule is Cc1cc(C)c(S(=O)(=O)NC2CCCNC2)cc1C. The molecule has 1 aromatic rings. The Morgan fingerprint density at radius 1 is 1.16 bits per heavy atom. The zero-order chi connectivity index (χ0) is 14.0. The van der Waals surface area contributed by atoms with Gasteiger partial charge in [0.25, 0.3) is 0 Å². The van der Waals surface area contributed by atoms with E-state index in [1.54, 1.807) is 6.07 Å². The molecule has 106 valence electrons. The molecule has 1 saturated heterocycles. The third kappa shape index (κ3) is 3.35. The Morgan fingerprint density at radius 2 is 1.84 bits per heavy atom. The van der Waals surface area contributed by atoms with Crippen molar-refractivity contribution in [1.82, 2.24) is 10.0 Å². The maximum absolute atomic E-state index is 12.4.